The Hall–Kier alpha value is -0.240. The van der Waals surface area contributed by atoms with Gasteiger partial charge in [-0.15, -0.1) is 0 Å². The molecule has 0 aromatic rings. The summed E-state index contributed by atoms with van der Waals surface area (Å²) < 4.78 is 10.3. The minimum atomic E-state index is -0.781. The van der Waals surface area contributed by atoms with Gasteiger partial charge in [0.15, 0.2) is 0 Å². The molecule has 2 unspecified atom stereocenters. The SMILES string of the molecule is OCC(O)COCCCCCCOCC(O)CO. The third-order valence-electron chi connectivity index (χ3n) is 2.37. The summed E-state index contributed by atoms with van der Waals surface area (Å²) in [6, 6.07) is 0. The van der Waals surface area contributed by atoms with E-state index in [-0.39, 0.29) is 26.4 Å². The number of ether oxygens (including phenoxy) is 2. The van der Waals surface area contributed by atoms with Gasteiger partial charge in [-0.2, -0.15) is 0 Å². The van der Waals surface area contributed by atoms with Crippen molar-refractivity contribution in [1.82, 2.24) is 0 Å². The van der Waals surface area contributed by atoms with Gasteiger partial charge in [-0.05, 0) is 12.8 Å². The zero-order chi connectivity index (χ0) is 13.6. The number of rotatable bonds is 13. The summed E-state index contributed by atoms with van der Waals surface area (Å²) in [4.78, 5) is 0. The number of aliphatic hydroxyl groups excluding tert-OH is 4. The second kappa shape index (κ2) is 13.2. The molecule has 0 fully saturated rings. The molecule has 18 heavy (non-hydrogen) atoms. The van der Waals surface area contributed by atoms with Crippen molar-refractivity contribution in [2.24, 2.45) is 0 Å². The lowest BCUT2D eigenvalue weighted by atomic mass is 10.2. The number of hydrogen-bond donors (Lipinski definition) is 4. The molecule has 0 aromatic heterocycles. The normalized spacial score (nSPS) is 14.7. The first-order valence-corrected chi connectivity index (χ1v) is 6.44. The van der Waals surface area contributed by atoms with E-state index in [9.17, 15) is 0 Å². The van der Waals surface area contributed by atoms with Crippen LogP contribution in [0.4, 0.5) is 0 Å². The summed E-state index contributed by atoms with van der Waals surface area (Å²) in [7, 11) is 0. The van der Waals surface area contributed by atoms with Gasteiger partial charge < -0.3 is 29.9 Å². The first-order chi connectivity index (χ1) is 8.70. The molecule has 4 N–H and O–H groups in total. The highest BCUT2D eigenvalue weighted by Gasteiger charge is 2.01. The number of hydrogen-bond acceptors (Lipinski definition) is 6. The van der Waals surface area contributed by atoms with Crippen molar-refractivity contribution in [2.45, 2.75) is 37.9 Å². The minimum absolute atomic E-state index is 0.179. The fourth-order valence-corrected chi connectivity index (χ4v) is 1.31. The maximum Gasteiger partial charge on any atom is 0.100 e. The highest BCUT2D eigenvalue weighted by molar-refractivity contribution is 4.50. The fraction of sp³-hybridized carbons (Fsp3) is 1.00. The van der Waals surface area contributed by atoms with Gasteiger partial charge in [0.05, 0.1) is 26.4 Å². The summed E-state index contributed by atoms with van der Waals surface area (Å²) in [5, 5.41) is 35.1. The Balaban J connectivity index is 3.03. The van der Waals surface area contributed by atoms with Crippen LogP contribution < -0.4 is 0 Å². The van der Waals surface area contributed by atoms with Gasteiger partial charge >= 0.3 is 0 Å². The predicted octanol–water partition coefficient (Wildman–Crippen LogP) is -0.714. The topological polar surface area (TPSA) is 99.4 Å². The second-order valence-corrected chi connectivity index (χ2v) is 4.24. The summed E-state index contributed by atoms with van der Waals surface area (Å²) in [6.45, 7) is 0.994. The van der Waals surface area contributed by atoms with Crippen LogP contribution in [0.3, 0.4) is 0 Å². The molecule has 0 spiro atoms. The van der Waals surface area contributed by atoms with Gasteiger partial charge in [0.1, 0.15) is 12.2 Å². The summed E-state index contributed by atoms with van der Waals surface area (Å²) in [5.74, 6) is 0. The maximum absolute atomic E-state index is 8.99. The largest absolute Gasteiger partial charge is 0.394 e. The lowest BCUT2D eigenvalue weighted by Crippen LogP contribution is -2.19. The zero-order valence-corrected chi connectivity index (χ0v) is 10.8. The van der Waals surface area contributed by atoms with Gasteiger partial charge in [0.2, 0.25) is 0 Å². The van der Waals surface area contributed by atoms with E-state index in [0.29, 0.717) is 13.2 Å². The molecule has 2 atom stereocenters. The fourth-order valence-electron chi connectivity index (χ4n) is 1.31. The van der Waals surface area contributed by atoms with Crippen LogP contribution in [0.15, 0.2) is 0 Å². The Bertz CT molecular complexity index is 149. The van der Waals surface area contributed by atoms with Crippen LogP contribution in [-0.4, -0.2) is 72.3 Å². The average Bonchev–Trinajstić information content (AvgIpc) is 2.40. The molecule has 6 heteroatoms. The first kappa shape index (κ1) is 17.8. The predicted molar refractivity (Wildman–Crippen MR) is 66.3 cm³/mol. The Labute approximate surface area is 108 Å². The quantitative estimate of drug-likeness (QED) is 0.329. The molecular formula is C12H26O6. The van der Waals surface area contributed by atoms with Crippen molar-refractivity contribution in [1.29, 1.82) is 0 Å². The standard InChI is InChI=1S/C12H26O6/c13-7-11(15)9-17-5-3-1-2-4-6-18-10-12(16)8-14/h11-16H,1-10H2. The van der Waals surface area contributed by atoms with Gasteiger partial charge in [0.25, 0.3) is 0 Å². The third-order valence-corrected chi connectivity index (χ3v) is 2.37. The van der Waals surface area contributed by atoms with Crippen LogP contribution in [0.25, 0.3) is 0 Å². The molecule has 0 saturated heterocycles. The van der Waals surface area contributed by atoms with E-state index < -0.39 is 12.2 Å². The van der Waals surface area contributed by atoms with Crippen molar-refractivity contribution in [3.8, 4) is 0 Å². The van der Waals surface area contributed by atoms with Crippen LogP contribution in [0, 0.1) is 0 Å². The van der Waals surface area contributed by atoms with E-state index in [2.05, 4.69) is 0 Å². The highest BCUT2D eigenvalue weighted by atomic mass is 16.5. The van der Waals surface area contributed by atoms with Gasteiger partial charge in [-0.25, -0.2) is 0 Å². The smallest absolute Gasteiger partial charge is 0.100 e. The number of aliphatic hydroxyl groups is 4. The van der Waals surface area contributed by atoms with E-state index in [1.165, 1.54) is 0 Å². The molecule has 6 nitrogen and oxygen atoms in total. The van der Waals surface area contributed by atoms with Gasteiger partial charge in [0, 0.05) is 13.2 Å². The first-order valence-electron chi connectivity index (χ1n) is 6.44. The summed E-state index contributed by atoms with van der Waals surface area (Å²) >= 11 is 0. The summed E-state index contributed by atoms with van der Waals surface area (Å²) in [6.07, 6.45) is 2.30. The van der Waals surface area contributed by atoms with E-state index in [1.54, 1.807) is 0 Å². The molecule has 0 rings (SSSR count). The minimum Gasteiger partial charge on any atom is -0.394 e. The van der Waals surface area contributed by atoms with Crippen molar-refractivity contribution < 1.29 is 29.9 Å². The van der Waals surface area contributed by atoms with Crippen molar-refractivity contribution in [2.75, 3.05) is 39.6 Å². The average molecular weight is 266 g/mol. The van der Waals surface area contributed by atoms with Crippen LogP contribution in [0.5, 0.6) is 0 Å². The second-order valence-electron chi connectivity index (χ2n) is 4.24. The van der Waals surface area contributed by atoms with Crippen molar-refractivity contribution >= 4 is 0 Å². The number of unbranched alkanes of at least 4 members (excludes halogenated alkanes) is 3. The maximum atomic E-state index is 8.99. The van der Waals surface area contributed by atoms with Crippen LogP contribution in [-0.2, 0) is 9.47 Å². The van der Waals surface area contributed by atoms with Crippen LogP contribution in [0.1, 0.15) is 25.7 Å². The third kappa shape index (κ3) is 12.2. The molecule has 0 saturated carbocycles. The molecule has 110 valence electrons. The van der Waals surface area contributed by atoms with E-state index in [0.717, 1.165) is 25.7 Å². The molecular weight excluding hydrogens is 240 g/mol. The van der Waals surface area contributed by atoms with E-state index >= 15 is 0 Å². The van der Waals surface area contributed by atoms with Gasteiger partial charge in [-0.3, -0.25) is 0 Å². The van der Waals surface area contributed by atoms with Crippen LogP contribution in [0.2, 0.25) is 0 Å². The highest BCUT2D eigenvalue weighted by Crippen LogP contribution is 2.01. The van der Waals surface area contributed by atoms with Crippen molar-refractivity contribution in [3.63, 3.8) is 0 Å². The van der Waals surface area contributed by atoms with E-state index in [1.807, 2.05) is 0 Å². The molecule has 0 radical (unpaired) electrons. The molecule has 0 aliphatic heterocycles. The Kier molecular flexibility index (Phi) is 13.0. The Morgan fingerprint density at radius 3 is 1.39 bits per heavy atom. The lowest BCUT2D eigenvalue weighted by molar-refractivity contribution is 0.00273. The molecule has 0 heterocycles. The monoisotopic (exact) mass is 266 g/mol. The van der Waals surface area contributed by atoms with Crippen molar-refractivity contribution in [3.05, 3.63) is 0 Å². The van der Waals surface area contributed by atoms with E-state index in [4.69, 9.17) is 29.9 Å². The molecule has 0 amide bonds. The van der Waals surface area contributed by atoms with Crippen LogP contribution >= 0.6 is 0 Å². The Morgan fingerprint density at radius 2 is 1.06 bits per heavy atom. The van der Waals surface area contributed by atoms with Gasteiger partial charge in [-0.1, -0.05) is 12.8 Å². The summed E-state index contributed by atoms with van der Waals surface area (Å²) in [5.41, 5.74) is 0. The zero-order valence-electron chi connectivity index (χ0n) is 10.8. The molecule has 0 bridgehead atoms. The lowest BCUT2D eigenvalue weighted by Gasteiger charge is -2.09. The molecule has 0 aliphatic rings. The molecule has 0 aromatic carbocycles. The Morgan fingerprint density at radius 1 is 0.667 bits per heavy atom. The molecule has 0 aliphatic carbocycles.